The van der Waals surface area contributed by atoms with Gasteiger partial charge in [0.25, 0.3) is 0 Å². The molecule has 360 valence electrons. The first-order valence-electron chi connectivity index (χ1n) is 21.2. The highest BCUT2D eigenvalue weighted by Gasteiger charge is 2.16. The molecule has 0 aliphatic carbocycles. The van der Waals surface area contributed by atoms with E-state index in [9.17, 15) is 38.4 Å². The summed E-state index contributed by atoms with van der Waals surface area (Å²) in [6.07, 6.45) is 0. The number of carbonyl (C=O) groups is 8. The molecular formula is C56H40O16. The average Bonchev–Trinajstić information content (AvgIpc) is 3.46. The first-order chi connectivity index (χ1) is 35.1. The lowest BCUT2D eigenvalue weighted by Crippen LogP contribution is -2.11. The first-order valence-corrected chi connectivity index (χ1v) is 21.2. The van der Waals surface area contributed by atoms with E-state index in [2.05, 4.69) is 39.1 Å². The topological polar surface area (TPSA) is 210 Å². The van der Waals surface area contributed by atoms with E-state index in [4.69, 9.17) is 0 Å². The molecule has 8 aromatic rings. The number of hydrogen-bond donors (Lipinski definition) is 0. The standard InChI is InChI=1S/4C14H10O4/c4*15-13(11-7-3-1-4-8-11)17-18-14(16)12-9-5-2-6-10-12/h4*1-10H. The lowest BCUT2D eigenvalue weighted by molar-refractivity contribution is -0.187. The van der Waals surface area contributed by atoms with Gasteiger partial charge in [-0.3, -0.25) is 0 Å². The summed E-state index contributed by atoms with van der Waals surface area (Å²) < 4.78 is 0. The molecule has 8 rings (SSSR count). The van der Waals surface area contributed by atoms with Crippen molar-refractivity contribution < 1.29 is 77.5 Å². The second-order valence-electron chi connectivity index (χ2n) is 13.9. The summed E-state index contributed by atoms with van der Waals surface area (Å²) in [5.41, 5.74) is 2.54. The zero-order chi connectivity index (χ0) is 51.2. The number of carbonyl (C=O) groups excluding carboxylic acids is 8. The monoisotopic (exact) mass is 968 g/mol. The van der Waals surface area contributed by atoms with Crippen molar-refractivity contribution in [3.8, 4) is 0 Å². The Balaban J connectivity index is 0.000000178. The van der Waals surface area contributed by atoms with Crippen LogP contribution in [-0.2, 0) is 39.1 Å². The summed E-state index contributed by atoms with van der Waals surface area (Å²) in [5, 5.41) is 0. The molecule has 0 saturated carbocycles. The van der Waals surface area contributed by atoms with E-state index in [-0.39, 0.29) is 0 Å². The van der Waals surface area contributed by atoms with Crippen molar-refractivity contribution in [2.24, 2.45) is 0 Å². The fourth-order valence-corrected chi connectivity index (χ4v) is 5.28. The van der Waals surface area contributed by atoms with Gasteiger partial charge in [-0.2, -0.15) is 0 Å². The SMILES string of the molecule is O=C(OOC(=O)c1ccccc1)c1ccccc1.O=C(OOC(=O)c1ccccc1)c1ccccc1.O=C(OOC(=O)c1ccccc1)c1ccccc1.O=C(OOC(=O)c1ccccc1)c1ccccc1. The lowest BCUT2D eigenvalue weighted by atomic mass is 10.2. The second-order valence-corrected chi connectivity index (χ2v) is 13.9. The van der Waals surface area contributed by atoms with Crippen LogP contribution in [-0.4, -0.2) is 47.8 Å². The van der Waals surface area contributed by atoms with Crippen LogP contribution in [0.25, 0.3) is 0 Å². The summed E-state index contributed by atoms with van der Waals surface area (Å²) in [6.45, 7) is 0. The fourth-order valence-electron chi connectivity index (χ4n) is 5.28. The smallest absolute Gasteiger partial charge is 0.242 e. The predicted octanol–water partition coefficient (Wildman–Crippen LogP) is 10.5. The molecule has 16 heteroatoms. The minimum atomic E-state index is -0.708. The molecule has 0 heterocycles. The molecule has 0 N–H and O–H groups in total. The molecule has 0 aliphatic heterocycles. The number of rotatable bonds is 8. The molecule has 16 nitrogen and oxygen atoms in total. The molecule has 0 aromatic heterocycles. The third kappa shape index (κ3) is 18.3. The van der Waals surface area contributed by atoms with E-state index in [1.165, 1.54) is 0 Å². The van der Waals surface area contributed by atoms with Gasteiger partial charge in [0.2, 0.25) is 0 Å². The summed E-state index contributed by atoms with van der Waals surface area (Å²) in [5.74, 6) is -5.67. The highest BCUT2D eigenvalue weighted by atomic mass is 17.2. The Kier molecular flexibility index (Phi) is 21.4. The van der Waals surface area contributed by atoms with Gasteiger partial charge in [-0.25, -0.2) is 77.5 Å². The molecule has 0 unspecified atom stereocenters. The molecule has 0 amide bonds. The summed E-state index contributed by atoms with van der Waals surface area (Å²) in [6, 6.07) is 66.3. The van der Waals surface area contributed by atoms with Gasteiger partial charge in [-0.1, -0.05) is 146 Å². The van der Waals surface area contributed by atoms with E-state index in [1.54, 1.807) is 243 Å². The van der Waals surface area contributed by atoms with Crippen LogP contribution in [0.3, 0.4) is 0 Å². The van der Waals surface area contributed by atoms with Crippen molar-refractivity contribution in [2.75, 3.05) is 0 Å². The lowest BCUT2D eigenvalue weighted by Gasteiger charge is -2.02. The van der Waals surface area contributed by atoms with E-state index in [0.717, 1.165) is 0 Å². The van der Waals surface area contributed by atoms with E-state index >= 15 is 0 Å². The van der Waals surface area contributed by atoms with Crippen molar-refractivity contribution in [2.45, 2.75) is 0 Å². The Labute approximate surface area is 411 Å². The second kappa shape index (κ2) is 29.3. The van der Waals surface area contributed by atoms with Crippen LogP contribution in [0.2, 0.25) is 0 Å². The Morgan fingerprint density at radius 3 is 0.319 bits per heavy atom. The van der Waals surface area contributed by atoms with Crippen molar-refractivity contribution in [3.05, 3.63) is 287 Å². The molecule has 0 radical (unpaired) electrons. The molecule has 72 heavy (non-hydrogen) atoms. The quantitative estimate of drug-likeness (QED) is 0.102. The maximum absolute atomic E-state index is 11.5. The van der Waals surface area contributed by atoms with Crippen LogP contribution in [0, 0.1) is 0 Å². The molecule has 0 fully saturated rings. The van der Waals surface area contributed by atoms with Gasteiger partial charge in [0.15, 0.2) is 0 Å². The van der Waals surface area contributed by atoms with Crippen molar-refractivity contribution in [1.29, 1.82) is 0 Å². The normalized spacial score (nSPS) is 9.56. The molecule has 0 aliphatic rings. The fraction of sp³-hybridized carbons (Fsp3) is 0. The zero-order valence-corrected chi connectivity index (χ0v) is 37.6. The molecule has 0 atom stereocenters. The van der Waals surface area contributed by atoms with Crippen molar-refractivity contribution in [3.63, 3.8) is 0 Å². The summed E-state index contributed by atoms with van der Waals surface area (Å²) in [7, 11) is 0. The molecule has 8 aromatic carbocycles. The van der Waals surface area contributed by atoms with Crippen LogP contribution in [0.1, 0.15) is 82.9 Å². The third-order valence-electron chi connectivity index (χ3n) is 8.85. The highest BCUT2D eigenvalue weighted by molar-refractivity contribution is 5.94. The van der Waals surface area contributed by atoms with Crippen LogP contribution >= 0.6 is 0 Å². The highest BCUT2D eigenvalue weighted by Crippen LogP contribution is 2.09. The molecule has 0 spiro atoms. The van der Waals surface area contributed by atoms with Crippen molar-refractivity contribution in [1.82, 2.24) is 0 Å². The minimum absolute atomic E-state index is 0.318. The third-order valence-corrected chi connectivity index (χ3v) is 8.85. The van der Waals surface area contributed by atoms with E-state index in [1.807, 2.05) is 0 Å². The van der Waals surface area contributed by atoms with Gasteiger partial charge in [0.05, 0.1) is 44.5 Å². The van der Waals surface area contributed by atoms with Gasteiger partial charge in [0.1, 0.15) is 0 Å². The van der Waals surface area contributed by atoms with Gasteiger partial charge in [-0.05, 0) is 97.1 Å². The first kappa shape index (κ1) is 52.5. The van der Waals surface area contributed by atoms with E-state index < -0.39 is 47.8 Å². The van der Waals surface area contributed by atoms with Crippen molar-refractivity contribution >= 4 is 47.8 Å². The van der Waals surface area contributed by atoms with Gasteiger partial charge >= 0.3 is 47.8 Å². The number of benzene rings is 8. The largest absolute Gasteiger partial charge is 0.386 e. The zero-order valence-electron chi connectivity index (χ0n) is 37.6. The van der Waals surface area contributed by atoms with Gasteiger partial charge in [0, 0.05) is 0 Å². The Bertz CT molecular complexity index is 2340. The Hall–Kier alpha value is -10.5. The maximum atomic E-state index is 11.5. The number of hydrogen-bond acceptors (Lipinski definition) is 16. The van der Waals surface area contributed by atoms with Gasteiger partial charge < -0.3 is 0 Å². The molecule has 0 bridgehead atoms. The van der Waals surface area contributed by atoms with Crippen LogP contribution < -0.4 is 0 Å². The average molecular weight is 969 g/mol. The van der Waals surface area contributed by atoms with Gasteiger partial charge in [-0.15, -0.1) is 0 Å². The van der Waals surface area contributed by atoms with E-state index in [0.29, 0.717) is 44.5 Å². The minimum Gasteiger partial charge on any atom is -0.242 e. The maximum Gasteiger partial charge on any atom is 0.386 e. The molecule has 0 saturated heterocycles. The summed E-state index contributed by atoms with van der Waals surface area (Å²) in [4.78, 5) is 127. The predicted molar refractivity (Wildman–Crippen MR) is 255 cm³/mol. The van der Waals surface area contributed by atoms with Crippen LogP contribution in [0.4, 0.5) is 0 Å². The van der Waals surface area contributed by atoms with Crippen LogP contribution in [0.5, 0.6) is 0 Å². The Morgan fingerprint density at radius 2 is 0.236 bits per heavy atom. The Morgan fingerprint density at radius 1 is 0.153 bits per heavy atom. The molecular weight excluding hydrogens is 929 g/mol. The summed E-state index contributed by atoms with van der Waals surface area (Å²) >= 11 is 0. The van der Waals surface area contributed by atoms with Crippen LogP contribution in [0.15, 0.2) is 243 Å².